The van der Waals surface area contributed by atoms with Gasteiger partial charge in [0, 0.05) is 38.4 Å². The fourth-order valence-electron chi connectivity index (χ4n) is 3.09. The first-order valence-corrected chi connectivity index (χ1v) is 8.52. The van der Waals surface area contributed by atoms with Crippen LogP contribution in [-0.2, 0) is 6.54 Å². The first-order valence-electron chi connectivity index (χ1n) is 8.52. The maximum atomic E-state index is 3.55. The highest BCUT2D eigenvalue weighted by atomic mass is 15.3. The van der Waals surface area contributed by atoms with E-state index < -0.39 is 0 Å². The highest BCUT2D eigenvalue weighted by Gasteiger charge is 2.18. The quantitative estimate of drug-likeness (QED) is 0.778. The second-order valence-corrected chi connectivity index (χ2v) is 6.14. The van der Waals surface area contributed by atoms with Crippen LogP contribution < -0.4 is 10.2 Å². The summed E-state index contributed by atoms with van der Waals surface area (Å²) in [5.41, 5.74) is 4.24. The van der Waals surface area contributed by atoms with Crippen LogP contribution in [0.3, 0.4) is 0 Å². The highest BCUT2D eigenvalue weighted by molar-refractivity contribution is 5.55. The molecule has 118 valence electrons. The zero-order valence-electron chi connectivity index (χ0n) is 14.0. The topological polar surface area (TPSA) is 18.5 Å². The van der Waals surface area contributed by atoms with E-state index in [1.807, 2.05) is 0 Å². The molecule has 1 aromatic carbocycles. The van der Waals surface area contributed by atoms with Crippen LogP contribution in [0, 0.1) is 6.92 Å². The first-order chi connectivity index (χ1) is 10.2. The summed E-state index contributed by atoms with van der Waals surface area (Å²) in [4.78, 5) is 5.15. The average Bonchev–Trinajstić information content (AvgIpc) is 2.49. The Morgan fingerprint density at radius 2 is 1.81 bits per heavy atom. The van der Waals surface area contributed by atoms with Crippen molar-refractivity contribution in [2.75, 3.05) is 44.2 Å². The Morgan fingerprint density at radius 1 is 1.05 bits per heavy atom. The van der Waals surface area contributed by atoms with Crippen molar-refractivity contribution in [1.29, 1.82) is 0 Å². The number of nitrogens with one attached hydrogen (secondary N) is 1. The standard InChI is InChI=1S/C18H31N3/c1-4-8-19-15-17-14-16(3)6-7-18(17)21-12-10-20(9-5-2)11-13-21/h6-7,14,19H,4-5,8-13,15H2,1-3H3. The van der Waals surface area contributed by atoms with Crippen molar-refractivity contribution in [3.05, 3.63) is 29.3 Å². The zero-order valence-corrected chi connectivity index (χ0v) is 14.0. The van der Waals surface area contributed by atoms with Crippen LogP contribution in [0.2, 0.25) is 0 Å². The van der Waals surface area contributed by atoms with Gasteiger partial charge in [-0.2, -0.15) is 0 Å². The van der Waals surface area contributed by atoms with Crippen LogP contribution in [0.25, 0.3) is 0 Å². The molecule has 21 heavy (non-hydrogen) atoms. The van der Waals surface area contributed by atoms with Crippen molar-refractivity contribution < 1.29 is 0 Å². The van der Waals surface area contributed by atoms with E-state index in [4.69, 9.17) is 0 Å². The summed E-state index contributed by atoms with van der Waals surface area (Å²) in [5.74, 6) is 0. The number of piperazine rings is 1. The predicted octanol–water partition coefficient (Wildman–Crippen LogP) is 3.03. The van der Waals surface area contributed by atoms with Gasteiger partial charge in [0.1, 0.15) is 0 Å². The van der Waals surface area contributed by atoms with Crippen LogP contribution in [0.15, 0.2) is 18.2 Å². The molecule has 1 aromatic rings. The van der Waals surface area contributed by atoms with E-state index in [0.717, 1.165) is 26.2 Å². The normalized spacial score (nSPS) is 16.4. The lowest BCUT2D eigenvalue weighted by atomic mass is 10.1. The van der Waals surface area contributed by atoms with E-state index >= 15 is 0 Å². The molecule has 3 nitrogen and oxygen atoms in total. The van der Waals surface area contributed by atoms with E-state index in [0.29, 0.717) is 0 Å². The Bertz CT molecular complexity index is 422. The minimum absolute atomic E-state index is 0.986. The first kappa shape index (κ1) is 16.3. The molecule has 1 N–H and O–H groups in total. The molecule has 0 amide bonds. The summed E-state index contributed by atoms with van der Waals surface area (Å²) >= 11 is 0. The lowest BCUT2D eigenvalue weighted by molar-refractivity contribution is 0.258. The molecule has 0 spiro atoms. The number of anilines is 1. The Hall–Kier alpha value is -1.06. The molecule has 1 aliphatic rings. The monoisotopic (exact) mass is 289 g/mol. The number of nitrogens with zero attached hydrogens (tertiary/aromatic N) is 2. The predicted molar refractivity (Wildman–Crippen MR) is 92.1 cm³/mol. The summed E-state index contributed by atoms with van der Waals surface area (Å²) in [6.07, 6.45) is 2.45. The van der Waals surface area contributed by atoms with Crippen molar-refractivity contribution in [2.24, 2.45) is 0 Å². The molecule has 2 rings (SSSR count). The molecule has 0 aliphatic carbocycles. The molecule has 0 atom stereocenters. The summed E-state index contributed by atoms with van der Waals surface area (Å²) in [6.45, 7) is 14.7. The van der Waals surface area contributed by atoms with Gasteiger partial charge in [0.2, 0.25) is 0 Å². The number of aryl methyl sites for hydroxylation is 1. The number of rotatable bonds is 7. The fourth-order valence-corrected chi connectivity index (χ4v) is 3.09. The van der Waals surface area contributed by atoms with Crippen molar-refractivity contribution in [3.8, 4) is 0 Å². The molecular weight excluding hydrogens is 258 g/mol. The van der Waals surface area contributed by atoms with Gasteiger partial charge in [-0.05, 0) is 44.5 Å². The number of hydrogen-bond acceptors (Lipinski definition) is 3. The van der Waals surface area contributed by atoms with Gasteiger partial charge in [-0.25, -0.2) is 0 Å². The van der Waals surface area contributed by atoms with Gasteiger partial charge < -0.3 is 10.2 Å². The Morgan fingerprint density at radius 3 is 2.48 bits per heavy atom. The molecule has 1 aliphatic heterocycles. The molecule has 0 bridgehead atoms. The minimum Gasteiger partial charge on any atom is -0.369 e. The van der Waals surface area contributed by atoms with Crippen molar-refractivity contribution in [1.82, 2.24) is 10.2 Å². The summed E-state index contributed by atoms with van der Waals surface area (Å²) in [5, 5.41) is 3.55. The molecule has 0 unspecified atom stereocenters. The number of hydrogen-bond donors (Lipinski definition) is 1. The van der Waals surface area contributed by atoms with Gasteiger partial charge in [-0.3, -0.25) is 4.90 Å². The fraction of sp³-hybridized carbons (Fsp3) is 0.667. The second kappa shape index (κ2) is 8.40. The third-order valence-electron chi connectivity index (χ3n) is 4.23. The third-order valence-corrected chi connectivity index (χ3v) is 4.23. The Kier molecular flexibility index (Phi) is 6.52. The maximum absolute atomic E-state index is 3.55. The SMILES string of the molecule is CCCNCc1cc(C)ccc1N1CCN(CCC)CC1. The summed E-state index contributed by atoms with van der Waals surface area (Å²) in [6, 6.07) is 6.90. The Labute approximate surface area is 130 Å². The summed E-state index contributed by atoms with van der Waals surface area (Å²) < 4.78 is 0. The molecule has 1 fully saturated rings. The third kappa shape index (κ3) is 4.72. The van der Waals surface area contributed by atoms with E-state index in [9.17, 15) is 0 Å². The van der Waals surface area contributed by atoms with Crippen LogP contribution in [-0.4, -0.2) is 44.2 Å². The zero-order chi connectivity index (χ0) is 15.1. The molecule has 0 saturated carbocycles. The van der Waals surface area contributed by atoms with Crippen LogP contribution >= 0.6 is 0 Å². The molecule has 0 aromatic heterocycles. The Balaban J connectivity index is 2.01. The maximum Gasteiger partial charge on any atom is 0.0412 e. The second-order valence-electron chi connectivity index (χ2n) is 6.14. The van der Waals surface area contributed by atoms with Gasteiger partial charge in [0.25, 0.3) is 0 Å². The van der Waals surface area contributed by atoms with Gasteiger partial charge >= 0.3 is 0 Å². The molecule has 0 radical (unpaired) electrons. The van der Waals surface area contributed by atoms with Gasteiger partial charge in [-0.15, -0.1) is 0 Å². The number of benzene rings is 1. The van der Waals surface area contributed by atoms with Crippen LogP contribution in [0.1, 0.15) is 37.8 Å². The smallest absolute Gasteiger partial charge is 0.0412 e. The van der Waals surface area contributed by atoms with Crippen molar-refractivity contribution in [3.63, 3.8) is 0 Å². The van der Waals surface area contributed by atoms with E-state index in [-0.39, 0.29) is 0 Å². The molecular formula is C18H31N3. The lowest BCUT2D eigenvalue weighted by Gasteiger charge is -2.37. The molecule has 1 heterocycles. The molecule has 1 saturated heterocycles. The van der Waals surface area contributed by atoms with Crippen LogP contribution in [0.5, 0.6) is 0 Å². The van der Waals surface area contributed by atoms with Gasteiger partial charge in [0.15, 0.2) is 0 Å². The largest absolute Gasteiger partial charge is 0.369 e. The van der Waals surface area contributed by atoms with E-state index in [1.54, 1.807) is 0 Å². The highest BCUT2D eigenvalue weighted by Crippen LogP contribution is 2.23. The summed E-state index contributed by atoms with van der Waals surface area (Å²) in [7, 11) is 0. The van der Waals surface area contributed by atoms with Gasteiger partial charge in [0.05, 0.1) is 0 Å². The average molecular weight is 289 g/mol. The van der Waals surface area contributed by atoms with Gasteiger partial charge in [-0.1, -0.05) is 31.5 Å². The van der Waals surface area contributed by atoms with E-state index in [2.05, 4.69) is 54.1 Å². The molecule has 3 heteroatoms. The van der Waals surface area contributed by atoms with Crippen molar-refractivity contribution >= 4 is 5.69 Å². The van der Waals surface area contributed by atoms with Crippen LogP contribution in [0.4, 0.5) is 5.69 Å². The van der Waals surface area contributed by atoms with E-state index in [1.165, 1.54) is 49.3 Å². The lowest BCUT2D eigenvalue weighted by Crippen LogP contribution is -2.46. The van der Waals surface area contributed by atoms with Crippen molar-refractivity contribution in [2.45, 2.75) is 40.2 Å². The minimum atomic E-state index is 0.986.